The van der Waals surface area contributed by atoms with Crippen molar-refractivity contribution >= 4 is 5.69 Å². The van der Waals surface area contributed by atoms with E-state index in [4.69, 9.17) is 10.00 Å². The molecule has 0 aliphatic carbocycles. The van der Waals surface area contributed by atoms with Gasteiger partial charge >= 0.3 is 0 Å². The van der Waals surface area contributed by atoms with Crippen LogP contribution in [0.15, 0.2) is 24.3 Å². The van der Waals surface area contributed by atoms with Crippen molar-refractivity contribution in [3.05, 3.63) is 24.3 Å². The Balaban J connectivity index is 2.03. The third-order valence-corrected chi connectivity index (χ3v) is 2.55. The smallest absolute Gasteiger partial charge is 0.174 e. The van der Waals surface area contributed by atoms with Crippen LogP contribution < -0.4 is 9.64 Å². The van der Waals surface area contributed by atoms with Gasteiger partial charge in [-0.25, -0.2) is 0 Å². The van der Waals surface area contributed by atoms with E-state index < -0.39 is 0 Å². The minimum Gasteiger partial charge on any atom is -0.479 e. The summed E-state index contributed by atoms with van der Waals surface area (Å²) in [6.45, 7) is 4.58. The zero-order valence-electron chi connectivity index (χ0n) is 8.81. The Kier molecular flexibility index (Phi) is 2.77. The molecule has 0 N–H and O–H groups in total. The maximum Gasteiger partial charge on any atom is 0.174 e. The van der Waals surface area contributed by atoms with E-state index in [1.807, 2.05) is 24.3 Å². The first-order valence-corrected chi connectivity index (χ1v) is 5.14. The molecule has 1 aromatic carbocycles. The van der Waals surface area contributed by atoms with Crippen LogP contribution in [0.3, 0.4) is 0 Å². The van der Waals surface area contributed by atoms with Gasteiger partial charge in [0.05, 0.1) is 0 Å². The van der Waals surface area contributed by atoms with Crippen molar-refractivity contribution in [3.63, 3.8) is 0 Å². The third kappa shape index (κ3) is 2.21. The molecule has 15 heavy (non-hydrogen) atoms. The first-order valence-electron chi connectivity index (χ1n) is 5.14. The maximum atomic E-state index is 8.41. The summed E-state index contributed by atoms with van der Waals surface area (Å²) in [6, 6.07) is 9.87. The molecule has 0 radical (unpaired) electrons. The van der Waals surface area contributed by atoms with Gasteiger partial charge in [-0.2, -0.15) is 5.26 Å². The molecule has 78 valence electrons. The average Bonchev–Trinajstić information content (AvgIpc) is 2.22. The lowest BCUT2D eigenvalue weighted by Crippen LogP contribution is -2.45. The van der Waals surface area contributed by atoms with Crippen LogP contribution in [0.4, 0.5) is 5.69 Å². The van der Waals surface area contributed by atoms with Gasteiger partial charge in [0.2, 0.25) is 0 Å². The van der Waals surface area contributed by atoms with Crippen LogP contribution in [0, 0.1) is 17.2 Å². The predicted molar refractivity (Wildman–Crippen MR) is 58.9 cm³/mol. The minimum absolute atomic E-state index is 0.111. The standard InChI is InChI=1S/C12H14N2O/c1-10-8-14(9-10)11-3-2-4-12(7-11)15-6-5-13/h2-4,7,10H,6,8-9H2,1H3. The Morgan fingerprint density at radius 2 is 2.33 bits per heavy atom. The van der Waals surface area contributed by atoms with E-state index >= 15 is 0 Å². The van der Waals surface area contributed by atoms with Gasteiger partial charge in [-0.05, 0) is 18.1 Å². The highest BCUT2D eigenvalue weighted by molar-refractivity contribution is 5.52. The Bertz CT molecular complexity index is 377. The second-order valence-electron chi connectivity index (χ2n) is 3.95. The second kappa shape index (κ2) is 4.22. The summed E-state index contributed by atoms with van der Waals surface area (Å²) in [7, 11) is 0. The molecule has 1 fully saturated rings. The van der Waals surface area contributed by atoms with Crippen LogP contribution in [-0.4, -0.2) is 19.7 Å². The van der Waals surface area contributed by atoms with E-state index in [1.54, 1.807) is 0 Å². The summed E-state index contributed by atoms with van der Waals surface area (Å²) in [4.78, 5) is 2.31. The van der Waals surface area contributed by atoms with Crippen LogP contribution in [0.2, 0.25) is 0 Å². The number of ether oxygens (including phenoxy) is 1. The Labute approximate surface area is 89.9 Å². The fourth-order valence-electron chi connectivity index (χ4n) is 1.80. The molecule has 0 saturated carbocycles. The topological polar surface area (TPSA) is 36.3 Å². The highest BCUT2D eigenvalue weighted by Gasteiger charge is 2.22. The third-order valence-electron chi connectivity index (χ3n) is 2.55. The van der Waals surface area contributed by atoms with Gasteiger partial charge in [-0.3, -0.25) is 0 Å². The van der Waals surface area contributed by atoms with Crippen molar-refractivity contribution in [1.29, 1.82) is 5.26 Å². The maximum absolute atomic E-state index is 8.41. The van der Waals surface area contributed by atoms with E-state index in [2.05, 4.69) is 17.9 Å². The lowest BCUT2D eigenvalue weighted by molar-refractivity contribution is 0.367. The van der Waals surface area contributed by atoms with Gasteiger partial charge in [0, 0.05) is 24.8 Å². The van der Waals surface area contributed by atoms with Crippen molar-refractivity contribution in [1.82, 2.24) is 0 Å². The van der Waals surface area contributed by atoms with E-state index in [0.717, 1.165) is 24.8 Å². The number of rotatable bonds is 3. The number of nitrogens with zero attached hydrogens (tertiary/aromatic N) is 2. The monoisotopic (exact) mass is 202 g/mol. The molecule has 2 rings (SSSR count). The summed E-state index contributed by atoms with van der Waals surface area (Å²) in [6.07, 6.45) is 0. The number of hydrogen-bond acceptors (Lipinski definition) is 3. The lowest BCUT2D eigenvalue weighted by Gasteiger charge is -2.39. The molecule has 3 nitrogen and oxygen atoms in total. The first-order chi connectivity index (χ1) is 7.29. The van der Waals surface area contributed by atoms with Crippen molar-refractivity contribution in [3.8, 4) is 11.8 Å². The van der Waals surface area contributed by atoms with Crippen LogP contribution >= 0.6 is 0 Å². The zero-order valence-corrected chi connectivity index (χ0v) is 8.81. The molecule has 0 spiro atoms. The molecular formula is C12H14N2O. The van der Waals surface area contributed by atoms with Gasteiger partial charge in [-0.15, -0.1) is 0 Å². The predicted octanol–water partition coefficient (Wildman–Crippen LogP) is 2.05. The molecule has 0 amide bonds. The molecule has 1 aliphatic rings. The van der Waals surface area contributed by atoms with Crippen LogP contribution in [-0.2, 0) is 0 Å². The van der Waals surface area contributed by atoms with Gasteiger partial charge in [-0.1, -0.05) is 13.0 Å². The Hall–Kier alpha value is -1.69. The molecule has 1 aromatic rings. The molecular weight excluding hydrogens is 188 g/mol. The molecule has 1 heterocycles. The van der Waals surface area contributed by atoms with Crippen molar-refractivity contribution in [2.24, 2.45) is 5.92 Å². The summed E-state index contributed by atoms with van der Waals surface area (Å²) in [5.41, 5.74) is 1.18. The average molecular weight is 202 g/mol. The largest absolute Gasteiger partial charge is 0.479 e. The fourth-order valence-corrected chi connectivity index (χ4v) is 1.80. The number of benzene rings is 1. The highest BCUT2D eigenvalue weighted by atomic mass is 16.5. The molecule has 0 aromatic heterocycles. The second-order valence-corrected chi connectivity index (χ2v) is 3.95. The van der Waals surface area contributed by atoms with Crippen molar-refractivity contribution < 1.29 is 4.74 Å². The van der Waals surface area contributed by atoms with Crippen LogP contribution in [0.1, 0.15) is 6.92 Å². The Morgan fingerprint density at radius 3 is 3.00 bits per heavy atom. The number of anilines is 1. The van der Waals surface area contributed by atoms with Crippen LogP contribution in [0.5, 0.6) is 5.75 Å². The SMILES string of the molecule is CC1CN(c2cccc(OCC#N)c2)C1. The summed E-state index contributed by atoms with van der Waals surface area (Å²) in [5.74, 6) is 1.56. The molecule has 3 heteroatoms. The van der Waals surface area contributed by atoms with Crippen molar-refractivity contribution in [2.75, 3.05) is 24.6 Å². The first kappa shape index (κ1) is 9.85. The van der Waals surface area contributed by atoms with E-state index in [1.165, 1.54) is 5.69 Å². The summed E-state index contributed by atoms with van der Waals surface area (Å²) in [5, 5.41) is 8.41. The number of nitriles is 1. The van der Waals surface area contributed by atoms with E-state index in [0.29, 0.717) is 0 Å². The lowest BCUT2D eigenvalue weighted by atomic mass is 10.0. The molecule has 0 atom stereocenters. The van der Waals surface area contributed by atoms with Gasteiger partial charge in [0.25, 0.3) is 0 Å². The van der Waals surface area contributed by atoms with Gasteiger partial charge in [0.15, 0.2) is 6.61 Å². The van der Waals surface area contributed by atoms with Crippen molar-refractivity contribution in [2.45, 2.75) is 6.92 Å². The summed E-state index contributed by atoms with van der Waals surface area (Å²) >= 11 is 0. The molecule has 1 saturated heterocycles. The normalized spacial score (nSPS) is 15.6. The number of hydrogen-bond donors (Lipinski definition) is 0. The molecule has 0 unspecified atom stereocenters. The van der Waals surface area contributed by atoms with E-state index in [-0.39, 0.29) is 6.61 Å². The van der Waals surface area contributed by atoms with Gasteiger partial charge in [0.1, 0.15) is 11.8 Å². The zero-order chi connectivity index (χ0) is 10.7. The quantitative estimate of drug-likeness (QED) is 0.752. The van der Waals surface area contributed by atoms with Gasteiger partial charge < -0.3 is 9.64 Å². The molecule has 0 bridgehead atoms. The van der Waals surface area contributed by atoms with Crippen LogP contribution in [0.25, 0.3) is 0 Å². The minimum atomic E-state index is 0.111. The molecule has 1 aliphatic heterocycles. The summed E-state index contributed by atoms with van der Waals surface area (Å²) < 4.78 is 5.25. The highest BCUT2D eigenvalue weighted by Crippen LogP contribution is 2.27. The Morgan fingerprint density at radius 1 is 1.53 bits per heavy atom. The van der Waals surface area contributed by atoms with E-state index in [9.17, 15) is 0 Å². The fraction of sp³-hybridized carbons (Fsp3) is 0.417.